The number of carbonyl (C=O) groups is 1. The van der Waals surface area contributed by atoms with Gasteiger partial charge >= 0.3 is 0 Å². The predicted molar refractivity (Wildman–Crippen MR) is 67.1 cm³/mol. The molecule has 3 nitrogen and oxygen atoms in total. The van der Waals surface area contributed by atoms with Gasteiger partial charge in [-0.2, -0.15) is 0 Å². The summed E-state index contributed by atoms with van der Waals surface area (Å²) in [6.07, 6.45) is 8.42. The third-order valence-electron chi connectivity index (χ3n) is 3.49. The monoisotopic (exact) mass is 226 g/mol. The SMILES string of the molecule is CCCCCC(CN1CCCCC1)C(N)=O. The summed E-state index contributed by atoms with van der Waals surface area (Å²) in [5.74, 6) is -0.0358. The summed E-state index contributed by atoms with van der Waals surface area (Å²) in [7, 11) is 0. The lowest BCUT2D eigenvalue weighted by atomic mass is 9.99. The van der Waals surface area contributed by atoms with Crippen LogP contribution in [-0.4, -0.2) is 30.4 Å². The molecule has 0 saturated carbocycles. The van der Waals surface area contributed by atoms with Crippen molar-refractivity contribution < 1.29 is 4.79 Å². The fraction of sp³-hybridized carbons (Fsp3) is 0.923. The Morgan fingerprint density at radius 1 is 1.25 bits per heavy atom. The van der Waals surface area contributed by atoms with Crippen molar-refractivity contribution in [3.63, 3.8) is 0 Å². The number of nitrogens with zero attached hydrogens (tertiary/aromatic N) is 1. The van der Waals surface area contributed by atoms with Crippen LogP contribution in [0.2, 0.25) is 0 Å². The molecule has 0 aromatic rings. The Balaban J connectivity index is 2.28. The van der Waals surface area contributed by atoms with E-state index >= 15 is 0 Å². The van der Waals surface area contributed by atoms with E-state index in [1.807, 2.05) is 0 Å². The highest BCUT2D eigenvalue weighted by atomic mass is 16.1. The Labute approximate surface area is 99.4 Å². The number of likely N-dealkylation sites (tertiary alicyclic amines) is 1. The third-order valence-corrected chi connectivity index (χ3v) is 3.49. The summed E-state index contributed by atoms with van der Waals surface area (Å²) < 4.78 is 0. The van der Waals surface area contributed by atoms with Crippen molar-refractivity contribution in [2.75, 3.05) is 19.6 Å². The molecule has 0 aromatic heterocycles. The first-order chi connectivity index (χ1) is 7.74. The zero-order valence-electron chi connectivity index (χ0n) is 10.6. The first-order valence-electron chi connectivity index (χ1n) is 6.75. The van der Waals surface area contributed by atoms with Gasteiger partial charge in [0.1, 0.15) is 0 Å². The van der Waals surface area contributed by atoms with Crippen LogP contribution in [0.3, 0.4) is 0 Å². The van der Waals surface area contributed by atoms with Gasteiger partial charge in [0.2, 0.25) is 5.91 Å². The maximum absolute atomic E-state index is 11.4. The average Bonchev–Trinajstić information content (AvgIpc) is 2.29. The molecule has 2 N–H and O–H groups in total. The van der Waals surface area contributed by atoms with Gasteiger partial charge < -0.3 is 10.6 Å². The van der Waals surface area contributed by atoms with E-state index < -0.39 is 0 Å². The molecule has 16 heavy (non-hydrogen) atoms. The van der Waals surface area contributed by atoms with Gasteiger partial charge in [-0.05, 0) is 32.4 Å². The van der Waals surface area contributed by atoms with Gasteiger partial charge in [0.25, 0.3) is 0 Å². The van der Waals surface area contributed by atoms with E-state index in [0.29, 0.717) is 0 Å². The maximum Gasteiger partial charge on any atom is 0.221 e. The van der Waals surface area contributed by atoms with Gasteiger partial charge in [-0.1, -0.05) is 32.6 Å². The molecule has 1 fully saturated rings. The van der Waals surface area contributed by atoms with Crippen LogP contribution in [0.25, 0.3) is 0 Å². The quantitative estimate of drug-likeness (QED) is 0.676. The van der Waals surface area contributed by atoms with E-state index in [-0.39, 0.29) is 11.8 Å². The van der Waals surface area contributed by atoms with Crippen molar-refractivity contribution in [2.45, 2.75) is 51.9 Å². The zero-order chi connectivity index (χ0) is 11.8. The van der Waals surface area contributed by atoms with Crippen LogP contribution >= 0.6 is 0 Å². The lowest BCUT2D eigenvalue weighted by molar-refractivity contribution is -0.122. The Hall–Kier alpha value is -0.570. The molecular weight excluding hydrogens is 200 g/mol. The number of hydrogen-bond donors (Lipinski definition) is 1. The standard InChI is InChI=1S/C13H26N2O/c1-2-3-5-8-12(13(14)16)11-15-9-6-4-7-10-15/h12H,2-11H2,1H3,(H2,14,16). The smallest absolute Gasteiger partial charge is 0.221 e. The Morgan fingerprint density at radius 2 is 1.94 bits per heavy atom. The molecule has 1 unspecified atom stereocenters. The largest absolute Gasteiger partial charge is 0.369 e. The highest BCUT2D eigenvalue weighted by Crippen LogP contribution is 2.15. The maximum atomic E-state index is 11.4. The third kappa shape index (κ3) is 4.97. The van der Waals surface area contributed by atoms with Crippen LogP contribution in [0, 0.1) is 5.92 Å². The van der Waals surface area contributed by atoms with Crippen molar-refractivity contribution in [3.8, 4) is 0 Å². The summed E-state index contributed by atoms with van der Waals surface area (Å²) in [5, 5.41) is 0. The van der Waals surface area contributed by atoms with Gasteiger partial charge in [0, 0.05) is 6.54 Å². The van der Waals surface area contributed by atoms with Crippen molar-refractivity contribution in [1.29, 1.82) is 0 Å². The van der Waals surface area contributed by atoms with Crippen molar-refractivity contribution in [3.05, 3.63) is 0 Å². The van der Waals surface area contributed by atoms with E-state index in [4.69, 9.17) is 5.73 Å². The van der Waals surface area contributed by atoms with E-state index in [9.17, 15) is 4.79 Å². The summed E-state index contributed by atoms with van der Waals surface area (Å²) in [6.45, 7) is 5.37. The molecule has 1 amide bonds. The van der Waals surface area contributed by atoms with E-state index in [1.165, 1.54) is 32.1 Å². The number of unbranched alkanes of at least 4 members (excludes halogenated alkanes) is 2. The van der Waals surface area contributed by atoms with Gasteiger partial charge in [-0.3, -0.25) is 4.79 Å². The second-order valence-electron chi connectivity index (χ2n) is 4.96. The van der Waals surface area contributed by atoms with Gasteiger partial charge in [0.05, 0.1) is 5.92 Å². The number of carbonyl (C=O) groups excluding carboxylic acids is 1. The average molecular weight is 226 g/mol. The predicted octanol–water partition coefficient (Wildman–Crippen LogP) is 2.15. The molecule has 0 aliphatic carbocycles. The summed E-state index contributed by atoms with van der Waals surface area (Å²) in [5.41, 5.74) is 5.47. The van der Waals surface area contributed by atoms with E-state index in [0.717, 1.165) is 32.5 Å². The molecular formula is C13H26N2O. The van der Waals surface area contributed by atoms with Crippen LogP contribution < -0.4 is 5.73 Å². The minimum atomic E-state index is -0.110. The molecule has 0 aromatic carbocycles. The van der Waals surface area contributed by atoms with Crippen LogP contribution in [-0.2, 0) is 4.79 Å². The molecule has 1 aliphatic rings. The van der Waals surface area contributed by atoms with Crippen LogP contribution in [0.1, 0.15) is 51.9 Å². The summed E-state index contributed by atoms with van der Waals surface area (Å²) in [6, 6.07) is 0. The molecule has 1 aliphatic heterocycles. The minimum Gasteiger partial charge on any atom is -0.369 e. The number of rotatable bonds is 7. The first-order valence-corrected chi connectivity index (χ1v) is 6.75. The topological polar surface area (TPSA) is 46.3 Å². The molecule has 0 spiro atoms. The molecule has 3 heteroatoms. The molecule has 0 radical (unpaired) electrons. The van der Waals surface area contributed by atoms with Crippen molar-refractivity contribution >= 4 is 5.91 Å². The van der Waals surface area contributed by atoms with Crippen LogP contribution in [0.4, 0.5) is 0 Å². The second-order valence-corrected chi connectivity index (χ2v) is 4.96. The van der Waals surface area contributed by atoms with Crippen LogP contribution in [0.5, 0.6) is 0 Å². The molecule has 1 saturated heterocycles. The van der Waals surface area contributed by atoms with Gasteiger partial charge in [-0.15, -0.1) is 0 Å². The Morgan fingerprint density at radius 3 is 2.50 bits per heavy atom. The highest BCUT2D eigenvalue weighted by molar-refractivity contribution is 5.76. The Kier molecular flexibility index (Phi) is 6.46. The molecule has 1 rings (SSSR count). The summed E-state index contributed by atoms with van der Waals surface area (Å²) in [4.78, 5) is 13.8. The van der Waals surface area contributed by atoms with Crippen molar-refractivity contribution in [2.24, 2.45) is 11.7 Å². The molecule has 1 atom stereocenters. The fourth-order valence-electron chi connectivity index (χ4n) is 2.42. The zero-order valence-corrected chi connectivity index (χ0v) is 10.6. The summed E-state index contributed by atoms with van der Waals surface area (Å²) >= 11 is 0. The lowest BCUT2D eigenvalue weighted by Crippen LogP contribution is -2.39. The second kappa shape index (κ2) is 7.66. The molecule has 94 valence electrons. The van der Waals surface area contributed by atoms with Gasteiger partial charge in [-0.25, -0.2) is 0 Å². The highest BCUT2D eigenvalue weighted by Gasteiger charge is 2.20. The van der Waals surface area contributed by atoms with E-state index in [2.05, 4.69) is 11.8 Å². The number of piperidine rings is 1. The first kappa shape index (κ1) is 13.5. The number of primary amides is 1. The minimum absolute atomic E-state index is 0.0737. The Bertz CT molecular complexity index is 200. The fourth-order valence-corrected chi connectivity index (χ4v) is 2.42. The number of hydrogen-bond acceptors (Lipinski definition) is 2. The number of amides is 1. The molecule has 1 heterocycles. The van der Waals surface area contributed by atoms with Crippen molar-refractivity contribution in [1.82, 2.24) is 4.90 Å². The van der Waals surface area contributed by atoms with E-state index in [1.54, 1.807) is 0 Å². The molecule has 0 bridgehead atoms. The number of nitrogens with two attached hydrogens (primary N) is 1. The normalized spacial score (nSPS) is 19.6. The van der Waals surface area contributed by atoms with Gasteiger partial charge in [0.15, 0.2) is 0 Å². The van der Waals surface area contributed by atoms with Crippen LogP contribution in [0.15, 0.2) is 0 Å². The lowest BCUT2D eigenvalue weighted by Gasteiger charge is -2.29.